The van der Waals surface area contributed by atoms with Gasteiger partial charge in [0.1, 0.15) is 17.1 Å². The molecule has 1 aromatic carbocycles. The molecule has 2 aliphatic rings. The van der Waals surface area contributed by atoms with Crippen molar-refractivity contribution >= 4 is 27.6 Å². The molecule has 1 aromatic heterocycles. The molecule has 39 heavy (non-hydrogen) atoms. The van der Waals surface area contributed by atoms with Gasteiger partial charge in [0.25, 0.3) is 0 Å². The summed E-state index contributed by atoms with van der Waals surface area (Å²) in [6.07, 6.45) is 2.85. The Kier molecular flexibility index (Phi) is 9.31. The summed E-state index contributed by atoms with van der Waals surface area (Å²) >= 11 is 0. The maximum atomic E-state index is 14.4. The highest BCUT2D eigenvalue weighted by molar-refractivity contribution is 7.89. The molecule has 0 aliphatic carbocycles. The van der Waals surface area contributed by atoms with Crippen LogP contribution in [0.3, 0.4) is 0 Å². The molecule has 0 bridgehead atoms. The van der Waals surface area contributed by atoms with E-state index in [0.717, 1.165) is 51.1 Å². The number of hydrogen-bond acceptors (Lipinski definition) is 10. The predicted molar refractivity (Wildman–Crippen MR) is 143 cm³/mol. The number of nitrogens with two attached hydrogens (primary N) is 1. The summed E-state index contributed by atoms with van der Waals surface area (Å²) in [7, 11) is -0.0123. The van der Waals surface area contributed by atoms with Crippen molar-refractivity contribution in [1.82, 2.24) is 24.1 Å². The molecular weight excluding hydrogens is 532 g/mol. The summed E-state index contributed by atoms with van der Waals surface area (Å²) < 4.78 is 60.3. The van der Waals surface area contributed by atoms with Crippen molar-refractivity contribution in [2.75, 3.05) is 76.8 Å². The SMILES string of the molecule is COc1ccc(F)c(F)c1C(=O)c1cnc(NC2CCN(S(=O)(=O)CCCN3CCN(C)CC3)CC2)nc1N. The number of halogens is 2. The number of methoxy groups -OCH3 is 1. The van der Waals surface area contributed by atoms with E-state index >= 15 is 0 Å². The van der Waals surface area contributed by atoms with Crippen LogP contribution in [0.15, 0.2) is 18.3 Å². The Balaban J connectivity index is 1.30. The van der Waals surface area contributed by atoms with Crippen molar-refractivity contribution in [2.24, 2.45) is 0 Å². The van der Waals surface area contributed by atoms with E-state index in [2.05, 4.69) is 32.1 Å². The second-order valence-electron chi connectivity index (χ2n) is 9.89. The molecule has 214 valence electrons. The van der Waals surface area contributed by atoms with Crippen LogP contribution in [-0.2, 0) is 10.0 Å². The molecule has 11 nitrogen and oxygen atoms in total. The van der Waals surface area contributed by atoms with Gasteiger partial charge in [-0.25, -0.2) is 26.5 Å². The maximum absolute atomic E-state index is 14.4. The first-order valence-corrected chi connectivity index (χ1v) is 14.5. The Labute approximate surface area is 227 Å². The molecule has 4 rings (SSSR count). The van der Waals surface area contributed by atoms with E-state index in [9.17, 15) is 22.0 Å². The number of aromatic nitrogens is 2. The van der Waals surface area contributed by atoms with Crippen LogP contribution < -0.4 is 15.8 Å². The number of anilines is 2. The summed E-state index contributed by atoms with van der Waals surface area (Å²) in [6.45, 7) is 5.46. The van der Waals surface area contributed by atoms with Gasteiger partial charge in [0.05, 0.1) is 18.4 Å². The van der Waals surface area contributed by atoms with Crippen LogP contribution in [0.4, 0.5) is 20.5 Å². The van der Waals surface area contributed by atoms with Gasteiger partial charge in [-0.1, -0.05) is 0 Å². The van der Waals surface area contributed by atoms with Gasteiger partial charge in [0.2, 0.25) is 21.8 Å². The predicted octanol–water partition coefficient (Wildman–Crippen LogP) is 1.42. The fourth-order valence-electron chi connectivity index (χ4n) is 4.82. The Morgan fingerprint density at radius 1 is 1.15 bits per heavy atom. The van der Waals surface area contributed by atoms with Crippen LogP contribution in [0, 0.1) is 11.6 Å². The van der Waals surface area contributed by atoms with E-state index in [1.165, 1.54) is 11.4 Å². The molecule has 3 heterocycles. The van der Waals surface area contributed by atoms with Gasteiger partial charge in [-0.15, -0.1) is 0 Å². The molecule has 0 spiro atoms. The number of nitrogen functional groups attached to an aromatic ring is 1. The third-order valence-electron chi connectivity index (χ3n) is 7.22. The molecule has 14 heteroatoms. The Morgan fingerprint density at radius 3 is 2.49 bits per heavy atom. The smallest absolute Gasteiger partial charge is 0.224 e. The number of hydrogen-bond donors (Lipinski definition) is 2. The monoisotopic (exact) mass is 567 g/mol. The summed E-state index contributed by atoms with van der Waals surface area (Å²) in [6, 6.07) is 1.92. The van der Waals surface area contributed by atoms with Crippen molar-refractivity contribution in [3.05, 3.63) is 41.1 Å². The highest BCUT2D eigenvalue weighted by atomic mass is 32.2. The number of nitrogens with one attached hydrogen (secondary N) is 1. The van der Waals surface area contributed by atoms with E-state index in [1.54, 1.807) is 0 Å². The number of ether oxygens (including phenoxy) is 1. The van der Waals surface area contributed by atoms with Crippen molar-refractivity contribution in [3.63, 3.8) is 0 Å². The third kappa shape index (κ3) is 6.99. The number of rotatable bonds is 10. The van der Waals surface area contributed by atoms with Gasteiger partial charge < -0.3 is 25.6 Å². The minimum absolute atomic E-state index is 0.0940. The van der Waals surface area contributed by atoms with E-state index in [0.29, 0.717) is 32.4 Å². The number of nitrogens with zero attached hydrogens (tertiary/aromatic N) is 5. The molecule has 0 radical (unpaired) electrons. The van der Waals surface area contributed by atoms with Gasteiger partial charge in [0, 0.05) is 51.5 Å². The lowest BCUT2D eigenvalue weighted by Crippen LogP contribution is -2.46. The molecular formula is C25H35F2N7O4S. The lowest BCUT2D eigenvalue weighted by atomic mass is 10.0. The first-order chi connectivity index (χ1) is 18.6. The number of ketones is 1. The quantitative estimate of drug-likeness (QED) is 0.406. The first-order valence-electron chi connectivity index (χ1n) is 12.9. The lowest BCUT2D eigenvalue weighted by molar-refractivity contribution is 0.103. The average Bonchev–Trinajstić information content (AvgIpc) is 2.91. The number of piperidine rings is 1. The van der Waals surface area contributed by atoms with Gasteiger partial charge in [0.15, 0.2) is 11.6 Å². The number of sulfonamides is 1. The zero-order valence-electron chi connectivity index (χ0n) is 22.2. The highest BCUT2D eigenvalue weighted by Gasteiger charge is 2.29. The topological polar surface area (TPSA) is 134 Å². The van der Waals surface area contributed by atoms with Crippen LogP contribution in [0.5, 0.6) is 5.75 Å². The molecule has 2 fully saturated rings. The third-order valence-corrected chi connectivity index (χ3v) is 9.18. The minimum Gasteiger partial charge on any atom is -0.496 e. The van der Waals surface area contributed by atoms with Crippen molar-refractivity contribution in [2.45, 2.75) is 25.3 Å². The summed E-state index contributed by atoms with van der Waals surface area (Å²) in [5.74, 6) is -3.50. The number of benzene rings is 1. The van der Waals surface area contributed by atoms with E-state index in [-0.39, 0.29) is 34.9 Å². The zero-order valence-corrected chi connectivity index (χ0v) is 23.0. The molecule has 2 aliphatic heterocycles. The largest absolute Gasteiger partial charge is 0.496 e. The van der Waals surface area contributed by atoms with Crippen LogP contribution in [0.25, 0.3) is 0 Å². The number of carbonyl (C=O) groups excluding carboxylic acids is 1. The Bertz CT molecular complexity index is 1280. The van der Waals surface area contributed by atoms with Gasteiger partial charge in [-0.3, -0.25) is 4.79 Å². The standard InChI is InChI=1S/C25H35F2N7O4S/c1-32-11-13-33(14-12-32)8-3-15-39(36,37)34-9-6-17(7-10-34)30-25-29-16-18(24(28)31-25)23(35)21-20(38-2)5-4-19(26)22(21)27/h4-5,16-17H,3,6-15H2,1-2H3,(H3,28,29,30,31). The number of piperazine rings is 1. The highest BCUT2D eigenvalue weighted by Crippen LogP contribution is 2.28. The van der Waals surface area contributed by atoms with Crippen LogP contribution >= 0.6 is 0 Å². The zero-order chi connectivity index (χ0) is 28.2. The summed E-state index contributed by atoms with van der Waals surface area (Å²) in [4.78, 5) is 25.7. The molecule has 0 unspecified atom stereocenters. The van der Waals surface area contributed by atoms with E-state index in [4.69, 9.17) is 10.5 Å². The maximum Gasteiger partial charge on any atom is 0.224 e. The van der Waals surface area contributed by atoms with E-state index < -0.39 is 33.0 Å². The lowest BCUT2D eigenvalue weighted by Gasteiger charge is -2.33. The van der Waals surface area contributed by atoms with E-state index in [1.807, 2.05) is 0 Å². The Hall–Kier alpha value is -2.94. The second-order valence-corrected chi connectivity index (χ2v) is 12.0. The summed E-state index contributed by atoms with van der Waals surface area (Å²) in [5.41, 5.74) is 5.18. The fraction of sp³-hybridized carbons (Fsp3) is 0.560. The molecule has 2 aromatic rings. The molecule has 0 atom stereocenters. The van der Waals surface area contributed by atoms with Crippen molar-refractivity contribution in [1.29, 1.82) is 0 Å². The van der Waals surface area contributed by atoms with Gasteiger partial charge in [-0.2, -0.15) is 4.98 Å². The Morgan fingerprint density at radius 2 is 1.85 bits per heavy atom. The molecule has 2 saturated heterocycles. The number of likely N-dealkylation sites (N-methyl/N-ethyl adjacent to an activating group) is 1. The molecule has 0 amide bonds. The molecule has 0 saturated carbocycles. The average molecular weight is 568 g/mol. The first kappa shape index (κ1) is 29.1. The van der Waals surface area contributed by atoms with Crippen molar-refractivity contribution in [3.8, 4) is 5.75 Å². The fourth-order valence-corrected chi connectivity index (χ4v) is 6.34. The van der Waals surface area contributed by atoms with Crippen molar-refractivity contribution < 1.29 is 26.7 Å². The van der Waals surface area contributed by atoms with Crippen LogP contribution in [0.2, 0.25) is 0 Å². The normalized spacial score (nSPS) is 18.3. The molecule has 3 N–H and O–H groups in total. The number of carbonyl (C=O) groups is 1. The van der Waals surface area contributed by atoms with Gasteiger partial charge in [-0.05, 0) is 45.0 Å². The summed E-state index contributed by atoms with van der Waals surface area (Å²) in [5, 5.41) is 3.13. The second kappa shape index (κ2) is 12.5. The van der Waals surface area contributed by atoms with Gasteiger partial charge >= 0.3 is 0 Å². The van der Waals surface area contributed by atoms with Crippen LogP contribution in [-0.4, -0.2) is 110 Å². The minimum atomic E-state index is -3.34. The van der Waals surface area contributed by atoms with Crippen LogP contribution in [0.1, 0.15) is 35.2 Å².